The number of rotatable bonds is 3. The highest BCUT2D eigenvalue weighted by Gasteiger charge is 2.42. The minimum atomic E-state index is -0.106. The number of anilines is 1. The fraction of sp³-hybridized carbons (Fsp3) is 0.455. The van der Waals surface area contributed by atoms with Gasteiger partial charge in [0.15, 0.2) is 0 Å². The number of nitriles is 1. The van der Waals surface area contributed by atoms with Crippen LogP contribution in [0.2, 0.25) is 0 Å². The van der Waals surface area contributed by atoms with Crippen molar-refractivity contribution in [3.05, 3.63) is 23.9 Å². The number of hydrogen-bond acceptors (Lipinski definition) is 3. The molecule has 0 radical (unpaired) electrons. The van der Waals surface area contributed by atoms with Gasteiger partial charge in [0, 0.05) is 12.7 Å². The van der Waals surface area contributed by atoms with Crippen LogP contribution in [0.3, 0.4) is 0 Å². The first-order valence-electron chi connectivity index (χ1n) is 4.82. The Morgan fingerprint density at radius 2 is 2.43 bits per heavy atom. The Labute approximate surface area is 83.8 Å². The average molecular weight is 187 g/mol. The van der Waals surface area contributed by atoms with Gasteiger partial charge in [-0.15, -0.1) is 0 Å². The van der Waals surface area contributed by atoms with Gasteiger partial charge in [-0.05, 0) is 37.5 Å². The molecule has 0 bridgehead atoms. The van der Waals surface area contributed by atoms with Crippen molar-refractivity contribution in [2.24, 2.45) is 5.41 Å². The van der Waals surface area contributed by atoms with Crippen LogP contribution in [0.15, 0.2) is 18.3 Å². The van der Waals surface area contributed by atoms with Gasteiger partial charge in [-0.1, -0.05) is 0 Å². The fourth-order valence-electron chi connectivity index (χ4n) is 1.37. The molecule has 1 aromatic heterocycles. The molecule has 1 aromatic rings. The summed E-state index contributed by atoms with van der Waals surface area (Å²) in [6, 6.07) is 6.30. The topological polar surface area (TPSA) is 48.7 Å². The zero-order valence-electron chi connectivity index (χ0n) is 8.25. The normalized spacial score (nSPS) is 17.1. The van der Waals surface area contributed by atoms with Crippen LogP contribution in [0.4, 0.5) is 5.82 Å². The van der Waals surface area contributed by atoms with Crippen molar-refractivity contribution in [2.75, 3.05) is 11.9 Å². The molecule has 1 N–H and O–H groups in total. The maximum Gasteiger partial charge on any atom is 0.126 e. The molecule has 3 nitrogen and oxygen atoms in total. The third-order valence-corrected chi connectivity index (χ3v) is 2.61. The summed E-state index contributed by atoms with van der Waals surface area (Å²) in [6.45, 7) is 2.75. The highest BCUT2D eigenvalue weighted by molar-refractivity contribution is 5.38. The Morgan fingerprint density at radius 3 is 3.00 bits per heavy atom. The Balaban J connectivity index is 1.96. The molecule has 1 heterocycles. The minimum Gasteiger partial charge on any atom is -0.368 e. The third-order valence-electron chi connectivity index (χ3n) is 2.61. The van der Waals surface area contributed by atoms with Gasteiger partial charge >= 0.3 is 0 Å². The van der Waals surface area contributed by atoms with E-state index < -0.39 is 0 Å². The summed E-state index contributed by atoms with van der Waals surface area (Å²) in [5.41, 5.74) is 1.08. The molecule has 0 aliphatic heterocycles. The molecule has 0 atom stereocenters. The second kappa shape index (κ2) is 3.30. The van der Waals surface area contributed by atoms with Gasteiger partial charge < -0.3 is 5.32 Å². The van der Waals surface area contributed by atoms with E-state index in [-0.39, 0.29) is 5.41 Å². The quantitative estimate of drug-likeness (QED) is 0.788. The van der Waals surface area contributed by atoms with E-state index in [1.54, 1.807) is 6.20 Å². The molecule has 0 amide bonds. The lowest BCUT2D eigenvalue weighted by Crippen LogP contribution is -2.14. The first-order chi connectivity index (χ1) is 6.74. The lowest BCUT2D eigenvalue weighted by Gasteiger charge is -2.08. The van der Waals surface area contributed by atoms with Gasteiger partial charge in [0.2, 0.25) is 0 Å². The summed E-state index contributed by atoms with van der Waals surface area (Å²) in [6.07, 6.45) is 3.81. The molecule has 2 rings (SSSR count). The van der Waals surface area contributed by atoms with Gasteiger partial charge in [0.1, 0.15) is 5.82 Å². The molecule has 1 aliphatic carbocycles. The van der Waals surface area contributed by atoms with Crippen molar-refractivity contribution in [3.8, 4) is 6.07 Å². The average Bonchev–Trinajstić information content (AvgIpc) is 2.96. The maximum atomic E-state index is 8.88. The molecular weight excluding hydrogens is 174 g/mol. The molecule has 1 aliphatic rings. The van der Waals surface area contributed by atoms with E-state index >= 15 is 0 Å². The van der Waals surface area contributed by atoms with Crippen LogP contribution in [0.1, 0.15) is 18.4 Å². The van der Waals surface area contributed by atoms with E-state index in [1.807, 2.05) is 19.1 Å². The van der Waals surface area contributed by atoms with Crippen molar-refractivity contribution >= 4 is 5.82 Å². The summed E-state index contributed by atoms with van der Waals surface area (Å²) in [4.78, 5) is 4.18. The fourth-order valence-corrected chi connectivity index (χ4v) is 1.37. The van der Waals surface area contributed by atoms with Gasteiger partial charge in [0.25, 0.3) is 0 Å². The second-order valence-electron chi connectivity index (χ2n) is 3.96. The standard InChI is InChI=1S/C11H13N3/c1-9-2-5-13-10(6-9)14-8-11(7-12)3-4-11/h2,5-6H,3-4,8H2,1H3,(H,13,14). The molecule has 0 spiro atoms. The van der Waals surface area contributed by atoms with Gasteiger partial charge in [-0.3, -0.25) is 0 Å². The molecule has 1 fully saturated rings. The van der Waals surface area contributed by atoms with Crippen molar-refractivity contribution in [1.29, 1.82) is 5.26 Å². The number of pyridine rings is 1. The van der Waals surface area contributed by atoms with Crippen molar-refractivity contribution < 1.29 is 0 Å². The SMILES string of the molecule is Cc1ccnc(NCC2(C#N)CC2)c1. The highest BCUT2D eigenvalue weighted by Crippen LogP contribution is 2.44. The summed E-state index contributed by atoms with van der Waals surface area (Å²) in [5, 5.41) is 12.1. The number of aromatic nitrogens is 1. The van der Waals surface area contributed by atoms with Crippen molar-refractivity contribution in [2.45, 2.75) is 19.8 Å². The molecule has 3 heteroatoms. The Hall–Kier alpha value is -1.56. The maximum absolute atomic E-state index is 8.88. The van der Waals surface area contributed by atoms with E-state index in [0.29, 0.717) is 0 Å². The largest absolute Gasteiger partial charge is 0.368 e. The van der Waals surface area contributed by atoms with Crippen LogP contribution in [0, 0.1) is 23.7 Å². The Bertz CT molecular complexity index is 374. The number of aryl methyl sites for hydroxylation is 1. The lowest BCUT2D eigenvalue weighted by atomic mass is 10.1. The molecule has 0 unspecified atom stereocenters. The molecule has 1 saturated carbocycles. The summed E-state index contributed by atoms with van der Waals surface area (Å²) in [7, 11) is 0. The molecule has 72 valence electrons. The minimum absolute atomic E-state index is 0.106. The van der Waals surface area contributed by atoms with Crippen LogP contribution in [0.5, 0.6) is 0 Å². The van der Waals surface area contributed by atoms with Crippen LogP contribution in [-0.2, 0) is 0 Å². The Morgan fingerprint density at radius 1 is 1.64 bits per heavy atom. The first-order valence-corrected chi connectivity index (χ1v) is 4.82. The predicted octanol–water partition coefficient (Wildman–Crippen LogP) is 2.11. The molecule has 14 heavy (non-hydrogen) atoms. The molecular formula is C11H13N3. The predicted molar refractivity (Wildman–Crippen MR) is 54.7 cm³/mol. The van der Waals surface area contributed by atoms with E-state index in [1.165, 1.54) is 5.56 Å². The smallest absolute Gasteiger partial charge is 0.126 e. The van der Waals surface area contributed by atoms with Gasteiger partial charge in [-0.2, -0.15) is 5.26 Å². The lowest BCUT2D eigenvalue weighted by molar-refractivity contribution is 0.709. The first kappa shape index (κ1) is 9.01. The van der Waals surface area contributed by atoms with E-state index in [0.717, 1.165) is 25.2 Å². The Kier molecular flexibility index (Phi) is 2.12. The molecule has 0 aromatic carbocycles. The summed E-state index contributed by atoms with van der Waals surface area (Å²) >= 11 is 0. The van der Waals surface area contributed by atoms with E-state index in [9.17, 15) is 0 Å². The van der Waals surface area contributed by atoms with Gasteiger partial charge in [-0.25, -0.2) is 4.98 Å². The zero-order chi connectivity index (χ0) is 10.0. The van der Waals surface area contributed by atoms with E-state index in [2.05, 4.69) is 16.4 Å². The number of nitrogens with one attached hydrogen (secondary N) is 1. The third kappa shape index (κ3) is 1.85. The van der Waals surface area contributed by atoms with E-state index in [4.69, 9.17) is 5.26 Å². The number of hydrogen-bond donors (Lipinski definition) is 1. The van der Waals surface area contributed by atoms with Crippen molar-refractivity contribution in [3.63, 3.8) is 0 Å². The highest BCUT2D eigenvalue weighted by atomic mass is 15.0. The second-order valence-corrected chi connectivity index (χ2v) is 3.96. The van der Waals surface area contributed by atoms with Gasteiger partial charge in [0.05, 0.1) is 11.5 Å². The van der Waals surface area contributed by atoms with Crippen LogP contribution in [-0.4, -0.2) is 11.5 Å². The zero-order valence-corrected chi connectivity index (χ0v) is 8.25. The van der Waals surface area contributed by atoms with Crippen LogP contribution in [0.25, 0.3) is 0 Å². The van der Waals surface area contributed by atoms with Crippen LogP contribution >= 0.6 is 0 Å². The summed E-state index contributed by atoms with van der Waals surface area (Å²) < 4.78 is 0. The number of nitrogens with zero attached hydrogens (tertiary/aromatic N) is 2. The summed E-state index contributed by atoms with van der Waals surface area (Å²) in [5.74, 6) is 0.867. The monoisotopic (exact) mass is 187 g/mol. The van der Waals surface area contributed by atoms with Crippen LogP contribution < -0.4 is 5.32 Å². The molecule has 0 saturated heterocycles. The van der Waals surface area contributed by atoms with Crippen molar-refractivity contribution in [1.82, 2.24) is 4.98 Å².